The van der Waals surface area contributed by atoms with Crippen LogP contribution in [0.5, 0.6) is 0 Å². The summed E-state index contributed by atoms with van der Waals surface area (Å²) >= 11 is 0. The van der Waals surface area contributed by atoms with Gasteiger partial charge in [0.15, 0.2) is 11.5 Å². The molecule has 0 aromatic carbocycles. The van der Waals surface area contributed by atoms with Crippen LogP contribution in [0.3, 0.4) is 0 Å². The van der Waals surface area contributed by atoms with Crippen LogP contribution in [0.15, 0.2) is 10.6 Å². The van der Waals surface area contributed by atoms with E-state index in [-0.39, 0.29) is 12.5 Å². The lowest BCUT2D eigenvalue weighted by atomic mass is 10.1. The molecule has 2 aromatic rings. The second kappa shape index (κ2) is 6.05. The smallest absolute Gasteiger partial charge is 0.359 e. The Morgan fingerprint density at radius 1 is 1.39 bits per heavy atom. The van der Waals surface area contributed by atoms with Gasteiger partial charge in [0.1, 0.15) is 11.4 Å². The van der Waals surface area contributed by atoms with Crippen LogP contribution in [0, 0.1) is 26.7 Å². The lowest BCUT2D eigenvalue weighted by molar-refractivity contribution is -0.141. The van der Waals surface area contributed by atoms with Crippen LogP contribution in [-0.4, -0.2) is 20.8 Å². The molecule has 1 N–H and O–H groups in total. The Kier molecular flexibility index (Phi) is 4.49. The van der Waals surface area contributed by atoms with Crippen LogP contribution in [0.1, 0.15) is 29.8 Å². The van der Waals surface area contributed by atoms with Gasteiger partial charge in [0.05, 0.1) is 12.5 Å². The first-order chi connectivity index (χ1) is 10.6. The van der Waals surface area contributed by atoms with Gasteiger partial charge in [0.25, 0.3) is 0 Å². The fourth-order valence-electron chi connectivity index (χ4n) is 2.08. The average Bonchev–Trinajstić information content (AvgIpc) is 2.96. The summed E-state index contributed by atoms with van der Waals surface area (Å²) in [5, 5.41) is 9.92. The molecule has 0 fully saturated rings. The fraction of sp³-hybridized carbons (Fsp3) is 0.500. The van der Waals surface area contributed by atoms with Crippen LogP contribution < -0.4 is 5.32 Å². The second-order valence-electron chi connectivity index (χ2n) is 5.44. The third-order valence-corrected chi connectivity index (χ3v) is 3.45. The van der Waals surface area contributed by atoms with Crippen molar-refractivity contribution in [1.29, 1.82) is 0 Å². The van der Waals surface area contributed by atoms with Gasteiger partial charge in [-0.3, -0.25) is 9.48 Å². The summed E-state index contributed by atoms with van der Waals surface area (Å²) in [6.07, 6.45) is -4.50. The predicted molar refractivity (Wildman–Crippen MR) is 75.7 cm³/mol. The number of amides is 1. The summed E-state index contributed by atoms with van der Waals surface area (Å²) in [6.45, 7) is 6.51. The van der Waals surface area contributed by atoms with Crippen LogP contribution in [0.2, 0.25) is 0 Å². The molecule has 0 aliphatic rings. The largest absolute Gasteiger partial charge is 0.435 e. The Hall–Kier alpha value is -2.32. The molecular weight excluding hydrogens is 313 g/mol. The zero-order chi connectivity index (χ0) is 17.4. The molecular formula is C14H17F3N4O2. The molecule has 0 saturated heterocycles. The van der Waals surface area contributed by atoms with Gasteiger partial charge < -0.3 is 9.84 Å². The quantitative estimate of drug-likeness (QED) is 0.935. The fourth-order valence-corrected chi connectivity index (χ4v) is 2.08. The van der Waals surface area contributed by atoms with E-state index < -0.39 is 17.8 Å². The number of carbonyl (C=O) groups excluding carboxylic acids is 1. The van der Waals surface area contributed by atoms with Crippen molar-refractivity contribution in [2.24, 2.45) is 5.92 Å². The lowest BCUT2D eigenvalue weighted by Crippen LogP contribution is -2.25. The molecule has 0 aliphatic heterocycles. The Balaban J connectivity index is 2.08. The third kappa shape index (κ3) is 3.72. The van der Waals surface area contributed by atoms with Crippen molar-refractivity contribution in [3.8, 4) is 0 Å². The lowest BCUT2D eigenvalue weighted by Gasteiger charge is -2.13. The number of anilines is 1. The van der Waals surface area contributed by atoms with E-state index in [1.54, 1.807) is 20.8 Å². The van der Waals surface area contributed by atoms with Gasteiger partial charge >= 0.3 is 6.18 Å². The number of rotatable bonds is 4. The first-order valence-corrected chi connectivity index (χ1v) is 6.95. The van der Waals surface area contributed by atoms with Crippen molar-refractivity contribution in [2.75, 3.05) is 5.32 Å². The summed E-state index contributed by atoms with van der Waals surface area (Å²) < 4.78 is 44.1. The molecule has 0 bridgehead atoms. The minimum atomic E-state index is -4.50. The Bertz CT molecular complexity index is 699. The number of hydrogen-bond donors (Lipinski definition) is 1. The average molecular weight is 330 g/mol. The maximum absolute atomic E-state index is 12.6. The summed E-state index contributed by atoms with van der Waals surface area (Å²) in [6, 6.07) is 0.957. The number of hydrogen-bond acceptors (Lipinski definition) is 4. The van der Waals surface area contributed by atoms with E-state index in [9.17, 15) is 18.0 Å². The van der Waals surface area contributed by atoms with Crippen molar-refractivity contribution in [2.45, 2.75) is 40.4 Å². The van der Waals surface area contributed by atoms with Crippen LogP contribution in [0.4, 0.5) is 18.9 Å². The molecule has 9 heteroatoms. The number of aryl methyl sites for hydroxylation is 3. The van der Waals surface area contributed by atoms with E-state index in [1.807, 2.05) is 0 Å². The maximum Gasteiger partial charge on any atom is 0.435 e. The number of halogens is 3. The van der Waals surface area contributed by atoms with Crippen molar-refractivity contribution in [3.63, 3.8) is 0 Å². The predicted octanol–water partition coefficient (Wildman–Crippen LogP) is 3.09. The highest BCUT2D eigenvalue weighted by Gasteiger charge is 2.34. The summed E-state index contributed by atoms with van der Waals surface area (Å²) in [5.74, 6) is -0.455. The molecule has 0 saturated carbocycles. The molecule has 2 rings (SSSR count). The van der Waals surface area contributed by atoms with Gasteiger partial charge in [-0.25, -0.2) is 0 Å². The van der Waals surface area contributed by atoms with Crippen LogP contribution in [0.25, 0.3) is 0 Å². The zero-order valence-electron chi connectivity index (χ0n) is 13.2. The number of nitrogens with one attached hydrogen (secondary N) is 1. The van der Waals surface area contributed by atoms with E-state index in [0.29, 0.717) is 22.8 Å². The highest BCUT2D eigenvalue weighted by molar-refractivity contribution is 5.93. The van der Waals surface area contributed by atoms with E-state index in [1.165, 1.54) is 11.6 Å². The highest BCUT2D eigenvalue weighted by Crippen LogP contribution is 2.28. The van der Waals surface area contributed by atoms with Crippen LogP contribution in [-0.2, 0) is 17.5 Å². The molecule has 23 heavy (non-hydrogen) atoms. The van der Waals surface area contributed by atoms with Gasteiger partial charge in [-0.2, -0.15) is 18.3 Å². The first-order valence-electron chi connectivity index (χ1n) is 6.95. The highest BCUT2D eigenvalue weighted by atomic mass is 19.4. The normalized spacial score (nSPS) is 13.2. The molecule has 1 unspecified atom stereocenters. The number of alkyl halides is 3. The summed E-state index contributed by atoms with van der Waals surface area (Å²) in [7, 11) is 0. The third-order valence-electron chi connectivity index (χ3n) is 3.45. The molecule has 6 nitrogen and oxygen atoms in total. The first kappa shape index (κ1) is 17.0. The Morgan fingerprint density at radius 3 is 2.52 bits per heavy atom. The molecule has 0 spiro atoms. The van der Waals surface area contributed by atoms with E-state index >= 15 is 0 Å². The minimum absolute atomic E-state index is 0.0388. The van der Waals surface area contributed by atoms with Crippen molar-refractivity contribution in [3.05, 3.63) is 28.9 Å². The molecule has 1 atom stereocenters. The van der Waals surface area contributed by atoms with Gasteiger partial charge in [0.2, 0.25) is 5.91 Å². The SMILES string of the molecule is Cc1noc(C)c1NC(=O)C(C)Cn1nc(C(F)(F)F)cc1C. The van der Waals surface area contributed by atoms with Crippen molar-refractivity contribution >= 4 is 11.6 Å². The summed E-state index contributed by atoms with van der Waals surface area (Å²) in [4.78, 5) is 12.2. The van der Waals surface area contributed by atoms with E-state index in [4.69, 9.17) is 4.52 Å². The summed E-state index contributed by atoms with van der Waals surface area (Å²) in [5.41, 5.74) is 0.398. The van der Waals surface area contributed by atoms with Crippen molar-refractivity contribution < 1.29 is 22.5 Å². The van der Waals surface area contributed by atoms with E-state index in [0.717, 1.165) is 6.07 Å². The molecule has 0 radical (unpaired) electrons. The van der Waals surface area contributed by atoms with Crippen LogP contribution >= 0.6 is 0 Å². The molecule has 0 aliphatic carbocycles. The number of nitrogens with zero attached hydrogens (tertiary/aromatic N) is 3. The molecule has 1 amide bonds. The number of aromatic nitrogens is 3. The molecule has 2 heterocycles. The maximum atomic E-state index is 12.6. The standard InChI is InChI=1S/C14H17F3N4O2/c1-7(13(22)18-12-9(3)20-23-10(12)4)6-21-8(2)5-11(19-21)14(15,16)17/h5,7H,6H2,1-4H3,(H,18,22). The Labute approximate surface area is 130 Å². The van der Waals surface area contributed by atoms with Gasteiger partial charge in [-0.15, -0.1) is 0 Å². The van der Waals surface area contributed by atoms with E-state index in [2.05, 4.69) is 15.6 Å². The molecule has 2 aromatic heterocycles. The Morgan fingerprint density at radius 2 is 2.04 bits per heavy atom. The van der Waals surface area contributed by atoms with Crippen molar-refractivity contribution in [1.82, 2.24) is 14.9 Å². The number of carbonyl (C=O) groups is 1. The second-order valence-corrected chi connectivity index (χ2v) is 5.44. The monoisotopic (exact) mass is 330 g/mol. The zero-order valence-corrected chi connectivity index (χ0v) is 13.2. The van der Waals surface area contributed by atoms with Gasteiger partial charge in [0, 0.05) is 5.69 Å². The van der Waals surface area contributed by atoms with Gasteiger partial charge in [-0.05, 0) is 26.8 Å². The topological polar surface area (TPSA) is 73.0 Å². The minimum Gasteiger partial charge on any atom is -0.359 e. The molecule has 126 valence electrons. The van der Waals surface area contributed by atoms with Gasteiger partial charge in [-0.1, -0.05) is 12.1 Å².